The van der Waals surface area contributed by atoms with Gasteiger partial charge in [0.15, 0.2) is 0 Å². The number of carbonyl (C=O) groups is 1. The molecule has 6 heteroatoms. The molecule has 23 heavy (non-hydrogen) atoms. The Kier molecular flexibility index (Phi) is 6.45. The van der Waals surface area contributed by atoms with Crippen molar-refractivity contribution in [2.75, 3.05) is 11.9 Å². The van der Waals surface area contributed by atoms with E-state index in [4.69, 9.17) is 5.26 Å². The molecule has 1 atom stereocenters. The van der Waals surface area contributed by atoms with Crippen LogP contribution in [0.2, 0.25) is 0 Å². The summed E-state index contributed by atoms with van der Waals surface area (Å²) in [6, 6.07) is 4.04. The monoisotopic (exact) mass is 317 g/mol. The molecule has 0 aliphatic heterocycles. The Morgan fingerprint density at radius 3 is 2.91 bits per heavy atom. The predicted octanol–water partition coefficient (Wildman–Crippen LogP) is 2.78. The van der Waals surface area contributed by atoms with Gasteiger partial charge in [-0.05, 0) is 26.7 Å². The zero-order chi connectivity index (χ0) is 16.7. The van der Waals surface area contributed by atoms with Gasteiger partial charge in [-0.2, -0.15) is 10.4 Å². The Hall–Kier alpha value is -2.03. The molecule has 0 radical (unpaired) electrons. The van der Waals surface area contributed by atoms with Gasteiger partial charge in [-0.1, -0.05) is 19.3 Å². The molecule has 1 aromatic rings. The van der Waals surface area contributed by atoms with Crippen LogP contribution >= 0.6 is 0 Å². The number of likely N-dealkylation sites (N-methyl/N-ethyl adjacent to an activating group) is 1. The zero-order valence-electron chi connectivity index (χ0n) is 14.2. The van der Waals surface area contributed by atoms with E-state index in [1.165, 1.54) is 19.3 Å². The minimum Gasteiger partial charge on any atom is -0.357 e. The molecule has 1 fully saturated rings. The third-order valence-electron chi connectivity index (χ3n) is 4.47. The lowest BCUT2D eigenvalue weighted by atomic mass is 9.94. The van der Waals surface area contributed by atoms with Crippen LogP contribution in [0, 0.1) is 11.3 Å². The van der Waals surface area contributed by atoms with Crippen LogP contribution in [0.15, 0.2) is 12.3 Å². The summed E-state index contributed by atoms with van der Waals surface area (Å²) in [6.07, 6.45) is 8.23. The molecule has 1 saturated carbocycles. The van der Waals surface area contributed by atoms with Crippen molar-refractivity contribution >= 4 is 11.7 Å². The van der Waals surface area contributed by atoms with Crippen molar-refractivity contribution in [3.8, 4) is 6.07 Å². The van der Waals surface area contributed by atoms with E-state index in [-0.39, 0.29) is 11.9 Å². The molecule has 126 valence electrons. The average molecular weight is 317 g/mol. The van der Waals surface area contributed by atoms with Crippen LogP contribution in [0.25, 0.3) is 0 Å². The van der Waals surface area contributed by atoms with E-state index in [2.05, 4.69) is 23.4 Å². The molecule has 1 aromatic heterocycles. The van der Waals surface area contributed by atoms with Crippen LogP contribution in [0.3, 0.4) is 0 Å². The normalized spacial score (nSPS) is 16.6. The van der Waals surface area contributed by atoms with Crippen LogP contribution in [0.4, 0.5) is 5.82 Å². The molecule has 2 rings (SSSR count). The van der Waals surface area contributed by atoms with Crippen molar-refractivity contribution in [1.82, 2.24) is 14.7 Å². The molecular formula is C17H27N5O. The number of nitrogens with zero attached hydrogens (tertiary/aromatic N) is 4. The Balaban J connectivity index is 1.92. The van der Waals surface area contributed by atoms with Crippen LogP contribution in [0.5, 0.6) is 0 Å². The number of hydrogen-bond donors (Lipinski definition) is 1. The molecule has 0 spiro atoms. The standard InChI is InChI=1S/C17H27N5O/c1-3-22(15-8-5-4-6-9-15)17(23)14(2)19-16-10-13-21(20-16)12-7-11-18/h10,13-15H,3-9,12H2,1-2H3,(H,19,20)/t14-/m0/s1. The number of nitrogens with one attached hydrogen (secondary N) is 1. The third kappa shape index (κ3) is 4.72. The number of rotatable bonds is 7. The van der Waals surface area contributed by atoms with Crippen molar-refractivity contribution in [3.05, 3.63) is 12.3 Å². The summed E-state index contributed by atoms with van der Waals surface area (Å²) < 4.78 is 1.72. The van der Waals surface area contributed by atoms with Crippen molar-refractivity contribution in [3.63, 3.8) is 0 Å². The summed E-state index contributed by atoms with van der Waals surface area (Å²) >= 11 is 0. The summed E-state index contributed by atoms with van der Waals surface area (Å²) in [7, 11) is 0. The first-order valence-corrected chi connectivity index (χ1v) is 8.63. The van der Waals surface area contributed by atoms with Gasteiger partial charge in [0.1, 0.15) is 11.9 Å². The highest BCUT2D eigenvalue weighted by Gasteiger charge is 2.27. The number of anilines is 1. The zero-order valence-corrected chi connectivity index (χ0v) is 14.2. The molecule has 1 aliphatic carbocycles. The topological polar surface area (TPSA) is 74.0 Å². The quantitative estimate of drug-likeness (QED) is 0.839. The molecular weight excluding hydrogens is 290 g/mol. The third-order valence-corrected chi connectivity index (χ3v) is 4.47. The first-order chi connectivity index (χ1) is 11.2. The maximum Gasteiger partial charge on any atom is 0.245 e. The van der Waals surface area contributed by atoms with Gasteiger partial charge in [-0.25, -0.2) is 0 Å². The molecule has 0 aromatic carbocycles. The molecule has 0 unspecified atom stereocenters. The lowest BCUT2D eigenvalue weighted by Crippen LogP contribution is -2.47. The molecule has 1 aliphatic rings. The van der Waals surface area contributed by atoms with Gasteiger partial charge < -0.3 is 10.2 Å². The molecule has 1 amide bonds. The first-order valence-electron chi connectivity index (χ1n) is 8.63. The Bertz CT molecular complexity index is 541. The van der Waals surface area contributed by atoms with Gasteiger partial charge in [0, 0.05) is 24.8 Å². The Morgan fingerprint density at radius 2 is 2.26 bits per heavy atom. The van der Waals surface area contributed by atoms with Crippen molar-refractivity contribution < 1.29 is 4.79 Å². The summed E-state index contributed by atoms with van der Waals surface area (Å²) in [5, 5.41) is 16.1. The van der Waals surface area contributed by atoms with E-state index in [0.29, 0.717) is 24.8 Å². The minimum atomic E-state index is -0.295. The largest absolute Gasteiger partial charge is 0.357 e. The Morgan fingerprint density at radius 1 is 1.52 bits per heavy atom. The molecule has 1 N–H and O–H groups in total. The summed E-state index contributed by atoms with van der Waals surface area (Å²) in [5.41, 5.74) is 0. The van der Waals surface area contributed by atoms with Gasteiger partial charge in [0.05, 0.1) is 19.0 Å². The summed E-state index contributed by atoms with van der Waals surface area (Å²) in [6.45, 7) is 5.27. The Labute approximate surface area is 138 Å². The van der Waals surface area contributed by atoms with Crippen molar-refractivity contribution in [2.45, 2.75) is 71.0 Å². The predicted molar refractivity (Wildman–Crippen MR) is 89.8 cm³/mol. The van der Waals surface area contributed by atoms with Crippen LogP contribution in [-0.2, 0) is 11.3 Å². The number of aryl methyl sites for hydroxylation is 1. The van der Waals surface area contributed by atoms with Crippen LogP contribution in [-0.4, -0.2) is 39.2 Å². The molecule has 0 bridgehead atoms. The number of nitriles is 1. The number of aromatic nitrogens is 2. The van der Waals surface area contributed by atoms with Gasteiger partial charge in [-0.15, -0.1) is 0 Å². The van der Waals surface area contributed by atoms with Crippen LogP contribution < -0.4 is 5.32 Å². The fourth-order valence-electron chi connectivity index (χ4n) is 3.25. The number of hydrogen-bond acceptors (Lipinski definition) is 4. The summed E-state index contributed by atoms with van der Waals surface area (Å²) in [4.78, 5) is 14.8. The van der Waals surface area contributed by atoms with E-state index in [0.717, 1.165) is 19.4 Å². The SMILES string of the molecule is CCN(C(=O)[C@H](C)Nc1ccn(CCC#N)n1)C1CCCCC1. The summed E-state index contributed by atoms with van der Waals surface area (Å²) in [5.74, 6) is 0.828. The smallest absolute Gasteiger partial charge is 0.245 e. The van der Waals surface area contributed by atoms with Crippen molar-refractivity contribution in [2.24, 2.45) is 0 Å². The maximum absolute atomic E-state index is 12.7. The average Bonchev–Trinajstić information content (AvgIpc) is 3.02. The van der Waals surface area contributed by atoms with Gasteiger partial charge in [-0.3, -0.25) is 9.48 Å². The molecule has 0 saturated heterocycles. The van der Waals surface area contributed by atoms with E-state index < -0.39 is 0 Å². The van der Waals surface area contributed by atoms with Gasteiger partial charge in [0.25, 0.3) is 0 Å². The lowest BCUT2D eigenvalue weighted by molar-refractivity contribution is -0.134. The highest BCUT2D eigenvalue weighted by molar-refractivity contribution is 5.84. The van der Waals surface area contributed by atoms with E-state index >= 15 is 0 Å². The highest BCUT2D eigenvalue weighted by atomic mass is 16.2. The first kappa shape index (κ1) is 17.3. The number of amides is 1. The second kappa shape index (κ2) is 8.56. The van der Waals surface area contributed by atoms with E-state index in [1.807, 2.05) is 24.1 Å². The van der Waals surface area contributed by atoms with Gasteiger partial charge in [0.2, 0.25) is 5.91 Å². The highest BCUT2D eigenvalue weighted by Crippen LogP contribution is 2.23. The fraction of sp³-hybridized carbons (Fsp3) is 0.706. The second-order valence-corrected chi connectivity index (χ2v) is 6.15. The van der Waals surface area contributed by atoms with E-state index in [1.54, 1.807) is 4.68 Å². The molecule has 6 nitrogen and oxygen atoms in total. The molecule has 1 heterocycles. The van der Waals surface area contributed by atoms with E-state index in [9.17, 15) is 4.79 Å². The van der Waals surface area contributed by atoms with Crippen molar-refractivity contribution in [1.29, 1.82) is 5.26 Å². The van der Waals surface area contributed by atoms with Gasteiger partial charge >= 0.3 is 0 Å². The van der Waals surface area contributed by atoms with Crippen LogP contribution in [0.1, 0.15) is 52.4 Å². The lowest BCUT2D eigenvalue weighted by Gasteiger charge is -2.35. The fourth-order valence-corrected chi connectivity index (χ4v) is 3.25. The maximum atomic E-state index is 12.7. The number of carbonyl (C=O) groups excluding carboxylic acids is 1. The second-order valence-electron chi connectivity index (χ2n) is 6.15. The minimum absolute atomic E-state index is 0.144.